The number of amides is 1. The van der Waals surface area contributed by atoms with Crippen LogP contribution in [0.5, 0.6) is 5.75 Å². The fraction of sp³-hybridized carbons (Fsp3) is 0.286. The van der Waals surface area contributed by atoms with Gasteiger partial charge in [0.25, 0.3) is 5.91 Å². The van der Waals surface area contributed by atoms with Crippen LogP contribution in [0.2, 0.25) is 0 Å². The summed E-state index contributed by atoms with van der Waals surface area (Å²) in [5, 5.41) is 0. The molecule has 2 heterocycles. The second-order valence-corrected chi connectivity index (χ2v) is 6.42. The average Bonchev–Trinajstić information content (AvgIpc) is 2.84. The van der Waals surface area contributed by atoms with E-state index >= 15 is 0 Å². The lowest BCUT2D eigenvalue weighted by Crippen LogP contribution is -2.22. The fourth-order valence-electron chi connectivity index (χ4n) is 2.23. The molecule has 1 atom stereocenters. The molecule has 0 N–H and O–H groups in total. The fourth-order valence-corrected chi connectivity index (χ4v) is 3.41. The van der Waals surface area contributed by atoms with Crippen molar-refractivity contribution in [1.82, 2.24) is 4.90 Å². The van der Waals surface area contributed by atoms with Gasteiger partial charge >= 0.3 is 0 Å². The molecule has 5 heteroatoms. The highest BCUT2D eigenvalue weighted by atomic mass is 32.2. The van der Waals surface area contributed by atoms with Crippen LogP contribution in [0.3, 0.4) is 0 Å². The zero-order chi connectivity index (χ0) is 13.6. The van der Waals surface area contributed by atoms with Crippen LogP contribution in [0.4, 0.5) is 0 Å². The second kappa shape index (κ2) is 4.65. The first kappa shape index (κ1) is 12.7. The molecule has 1 fully saturated rings. The van der Waals surface area contributed by atoms with E-state index < -0.39 is 0 Å². The highest BCUT2D eigenvalue weighted by Gasteiger charge is 2.28. The highest BCUT2D eigenvalue weighted by molar-refractivity contribution is 8.26. The molecule has 0 aliphatic carbocycles. The van der Waals surface area contributed by atoms with Crippen molar-refractivity contribution in [2.45, 2.75) is 19.4 Å². The Morgan fingerprint density at radius 2 is 2.32 bits per heavy atom. The van der Waals surface area contributed by atoms with Crippen molar-refractivity contribution in [2.24, 2.45) is 0 Å². The maximum Gasteiger partial charge on any atom is 0.265 e. The number of hydrogen-bond acceptors (Lipinski definition) is 4. The Morgan fingerprint density at radius 1 is 1.53 bits per heavy atom. The monoisotopic (exact) mass is 291 g/mol. The van der Waals surface area contributed by atoms with Crippen molar-refractivity contribution in [3.8, 4) is 5.75 Å². The quantitative estimate of drug-likeness (QED) is 0.588. The van der Waals surface area contributed by atoms with E-state index in [1.165, 1.54) is 22.2 Å². The van der Waals surface area contributed by atoms with Gasteiger partial charge in [-0.2, -0.15) is 0 Å². The summed E-state index contributed by atoms with van der Waals surface area (Å²) in [6.45, 7) is 2.06. The van der Waals surface area contributed by atoms with Gasteiger partial charge in [0.2, 0.25) is 0 Å². The molecule has 1 saturated heterocycles. The first-order valence-corrected chi connectivity index (χ1v) is 7.28. The number of carbonyl (C=O) groups is 1. The van der Waals surface area contributed by atoms with E-state index in [1.54, 1.807) is 7.05 Å². The summed E-state index contributed by atoms with van der Waals surface area (Å²) in [7, 11) is 1.71. The summed E-state index contributed by atoms with van der Waals surface area (Å²) < 4.78 is 6.27. The third-order valence-electron chi connectivity index (χ3n) is 3.20. The minimum Gasteiger partial charge on any atom is -0.490 e. The Hall–Kier alpha value is -1.33. The summed E-state index contributed by atoms with van der Waals surface area (Å²) in [5.74, 6) is 0.924. The number of nitrogens with zero attached hydrogens (tertiary/aromatic N) is 1. The zero-order valence-corrected chi connectivity index (χ0v) is 12.3. The van der Waals surface area contributed by atoms with E-state index in [9.17, 15) is 4.79 Å². The number of thioether (sulfide) groups is 1. The van der Waals surface area contributed by atoms with Crippen molar-refractivity contribution in [1.29, 1.82) is 0 Å². The predicted octanol–water partition coefficient (Wildman–Crippen LogP) is 2.84. The molecule has 0 saturated carbocycles. The molecule has 1 aromatic rings. The molecule has 98 valence electrons. The average molecular weight is 291 g/mol. The van der Waals surface area contributed by atoms with Crippen molar-refractivity contribution >= 4 is 40.3 Å². The highest BCUT2D eigenvalue weighted by Crippen LogP contribution is 2.34. The first-order valence-electron chi connectivity index (χ1n) is 6.06. The lowest BCUT2D eigenvalue weighted by atomic mass is 10.1. The molecule has 3 rings (SSSR count). The summed E-state index contributed by atoms with van der Waals surface area (Å²) in [5.41, 5.74) is 2.22. The Bertz CT molecular complexity index is 609. The minimum absolute atomic E-state index is 0.0277. The van der Waals surface area contributed by atoms with Gasteiger partial charge in [0.15, 0.2) is 0 Å². The summed E-state index contributed by atoms with van der Waals surface area (Å²) in [6, 6.07) is 6.03. The van der Waals surface area contributed by atoms with Gasteiger partial charge in [-0.05, 0) is 36.3 Å². The zero-order valence-electron chi connectivity index (χ0n) is 10.7. The maximum absolute atomic E-state index is 11.9. The molecule has 0 spiro atoms. The standard InChI is InChI=1S/C14H13NO2S2/c1-8-5-10-6-9(3-4-11(10)17-8)7-12-13(16)15(2)14(18)19-12/h3-4,6-8H,5H2,1-2H3/b12-7+/t8-/m0/s1. The van der Waals surface area contributed by atoms with Crippen LogP contribution in [0.1, 0.15) is 18.1 Å². The van der Waals surface area contributed by atoms with Gasteiger partial charge in [0.05, 0.1) is 4.91 Å². The lowest BCUT2D eigenvalue weighted by molar-refractivity contribution is -0.121. The lowest BCUT2D eigenvalue weighted by Gasteiger charge is -2.04. The van der Waals surface area contributed by atoms with Crippen LogP contribution in [-0.4, -0.2) is 28.3 Å². The number of ether oxygens (including phenoxy) is 1. The molecule has 0 radical (unpaired) electrons. The van der Waals surface area contributed by atoms with Crippen molar-refractivity contribution in [2.75, 3.05) is 7.05 Å². The Morgan fingerprint density at radius 3 is 3.00 bits per heavy atom. The molecule has 1 amide bonds. The summed E-state index contributed by atoms with van der Waals surface area (Å²) in [4.78, 5) is 14.1. The number of likely N-dealkylation sites (N-methyl/N-ethyl adjacent to an activating group) is 1. The number of benzene rings is 1. The Kier molecular flexibility index (Phi) is 3.11. The number of fused-ring (bicyclic) bond motifs is 1. The Balaban J connectivity index is 1.91. The molecular formula is C14H13NO2S2. The number of thiocarbonyl (C=S) groups is 1. The maximum atomic E-state index is 11.9. The molecule has 3 nitrogen and oxygen atoms in total. The molecular weight excluding hydrogens is 278 g/mol. The van der Waals surface area contributed by atoms with Gasteiger partial charge in [-0.15, -0.1) is 0 Å². The molecule has 0 aromatic heterocycles. The molecule has 2 aliphatic heterocycles. The van der Waals surface area contributed by atoms with Crippen molar-refractivity contribution in [3.05, 3.63) is 34.2 Å². The van der Waals surface area contributed by atoms with Gasteiger partial charge in [-0.1, -0.05) is 30.0 Å². The third kappa shape index (κ3) is 2.28. The molecule has 0 unspecified atom stereocenters. The van der Waals surface area contributed by atoms with Crippen LogP contribution in [0.25, 0.3) is 6.08 Å². The van der Waals surface area contributed by atoms with Crippen LogP contribution >= 0.6 is 24.0 Å². The molecule has 1 aromatic carbocycles. The molecule has 0 bridgehead atoms. The Labute approximate surface area is 121 Å². The van der Waals surface area contributed by atoms with E-state index in [4.69, 9.17) is 17.0 Å². The van der Waals surface area contributed by atoms with Crippen LogP contribution < -0.4 is 4.74 Å². The van der Waals surface area contributed by atoms with Gasteiger partial charge in [-0.3, -0.25) is 9.69 Å². The van der Waals surface area contributed by atoms with Gasteiger partial charge in [0.1, 0.15) is 16.2 Å². The van der Waals surface area contributed by atoms with Crippen LogP contribution in [0.15, 0.2) is 23.1 Å². The van der Waals surface area contributed by atoms with Gasteiger partial charge < -0.3 is 4.74 Å². The minimum atomic E-state index is -0.0277. The van der Waals surface area contributed by atoms with Crippen molar-refractivity contribution in [3.63, 3.8) is 0 Å². The number of hydrogen-bond donors (Lipinski definition) is 0. The summed E-state index contributed by atoms with van der Waals surface area (Å²) >= 11 is 6.46. The molecule has 19 heavy (non-hydrogen) atoms. The normalized spacial score (nSPS) is 24.0. The molecule has 2 aliphatic rings. The van der Waals surface area contributed by atoms with Gasteiger partial charge in [0, 0.05) is 13.5 Å². The summed E-state index contributed by atoms with van der Waals surface area (Å²) in [6.07, 6.45) is 3.05. The van der Waals surface area contributed by atoms with E-state index in [2.05, 4.69) is 13.0 Å². The van der Waals surface area contributed by atoms with Crippen LogP contribution in [-0.2, 0) is 11.2 Å². The predicted molar refractivity (Wildman–Crippen MR) is 81.2 cm³/mol. The largest absolute Gasteiger partial charge is 0.490 e. The number of rotatable bonds is 1. The van der Waals surface area contributed by atoms with E-state index in [1.807, 2.05) is 18.2 Å². The second-order valence-electron chi connectivity index (χ2n) is 4.74. The van der Waals surface area contributed by atoms with E-state index in [-0.39, 0.29) is 12.0 Å². The van der Waals surface area contributed by atoms with E-state index in [0.717, 1.165) is 17.7 Å². The first-order chi connectivity index (χ1) is 9.04. The smallest absolute Gasteiger partial charge is 0.265 e. The SMILES string of the molecule is C[C@H]1Cc2cc(/C=C3/SC(=S)N(C)C3=O)ccc2O1. The topological polar surface area (TPSA) is 29.5 Å². The third-order valence-corrected chi connectivity index (χ3v) is 4.69. The van der Waals surface area contributed by atoms with Crippen LogP contribution in [0, 0.1) is 0 Å². The van der Waals surface area contributed by atoms with Crippen molar-refractivity contribution < 1.29 is 9.53 Å². The van der Waals surface area contributed by atoms with Gasteiger partial charge in [-0.25, -0.2) is 0 Å². The van der Waals surface area contributed by atoms with E-state index in [0.29, 0.717) is 9.23 Å². The number of carbonyl (C=O) groups excluding carboxylic acids is 1.